The maximum absolute atomic E-state index is 12.1. The second-order valence-corrected chi connectivity index (χ2v) is 10.6. The van der Waals surface area contributed by atoms with Crippen molar-refractivity contribution in [2.24, 2.45) is 0 Å². The molecule has 0 saturated heterocycles. The Hall–Kier alpha value is -0.620. The molecule has 0 aromatic heterocycles. The molecule has 1 aromatic rings. The summed E-state index contributed by atoms with van der Waals surface area (Å²) in [6, 6.07) is 6.43. The van der Waals surface area contributed by atoms with E-state index in [1.54, 1.807) is 18.2 Å². The Morgan fingerprint density at radius 3 is 1.91 bits per heavy atom. The van der Waals surface area contributed by atoms with E-state index >= 15 is 0 Å². The van der Waals surface area contributed by atoms with Gasteiger partial charge in [0.1, 0.15) is 11.9 Å². The topological polar surface area (TPSA) is 74.2 Å². The highest BCUT2D eigenvalue weighted by molar-refractivity contribution is 7.47. The average Bonchev–Trinajstić information content (AvgIpc) is 2.82. The van der Waals surface area contributed by atoms with Crippen LogP contribution in [0.2, 0.25) is 5.02 Å². The lowest BCUT2D eigenvalue weighted by Crippen LogP contribution is -2.24. The summed E-state index contributed by atoms with van der Waals surface area (Å²) < 4.78 is 33.1. The summed E-state index contributed by atoms with van der Waals surface area (Å²) in [4.78, 5) is 9.91. The zero-order chi connectivity index (χ0) is 24.9. The molecule has 0 aliphatic rings. The smallest absolute Gasteiger partial charge is 0.403 e. The summed E-state index contributed by atoms with van der Waals surface area (Å²) >= 11 is 5.94. The number of methoxy groups -OCH3 is 1. The quantitative estimate of drug-likeness (QED) is 0.115. The molecule has 0 saturated carbocycles. The van der Waals surface area contributed by atoms with Crippen molar-refractivity contribution in [3.63, 3.8) is 0 Å². The fraction of sp³-hybridized carbons (Fsp3) is 0.769. The van der Waals surface area contributed by atoms with Crippen molar-refractivity contribution in [2.45, 2.75) is 103 Å². The number of hydrogen-bond donors (Lipinski definition) is 1. The molecule has 0 aliphatic carbocycles. The molecule has 6 nitrogen and oxygen atoms in total. The lowest BCUT2D eigenvalue weighted by atomic mass is 10.0. The lowest BCUT2D eigenvalue weighted by molar-refractivity contribution is -0.0197. The minimum absolute atomic E-state index is 0.0954. The number of benzene rings is 1. The first-order chi connectivity index (χ1) is 16.5. The van der Waals surface area contributed by atoms with Gasteiger partial charge in [-0.15, -0.1) is 0 Å². The largest absolute Gasteiger partial charge is 0.527 e. The van der Waals surface area contributed by atoms with Crippen molar-refractivity contribution in [2.75, 3.05) is 26.9 Å². The number of halogens is 1. The third-order valence-electron chi connectivity index (χ3n) is 5.75. The van der Waals surface area contributed by atoms with Gasteiger partial charge in [-0.05, 0) is 18.6 Å². The van der Waals surface area contributed by atoms with Crippen LogP contribution in [0.1, 0.15) is 96.8 Å². The molecular weight excluding hydrogens is 475 g/mol. The average molecular weight is 521 g/mol. The Labute approximate surface area is 212 Å². The third-order valence-corrected chi connectivity index (χ3v) is 6.97. The Morgan fingerprint density at radius 2 is 1.38 bits per heavy atom. The molecule has 0 spiro atoms. The molecule has 0 bridgehead atoms. The molecule has 0 aliphatic heterocycles. The number of unbranched alkanes of at least 4 members (excludes halogenated alkanes) is 13. The molecule has 34 heavy (non-hydrogen) atoms. The molecule has 1 rings (SSSR count). The number of ether oxygens (including phenoxy) is 2. The van der Waals surface area contributed by atoms with Gasteiger partial charge in [0.25, 0.3) is 0 Å². The molecule has 8 heteroatoms. The van der Waals surface area contributed by atoms with Crippen LogP contribution in [-0.4, -0.2) is 37.9 Å². The second kappa shape index (κ2) is 20.6. The Balaban J connectivity index is 1.97. The summed E-state index contributed by atoms with van der Waals surface area (Å²) in [5.41, 5.74) is 0. The van der Waals surface area contributed by atoms with E-state index in [2.05, 4.69) is 6.92 Å². The molecule has 2 atom stereocenters. The molecular formula is C26H46ClO6P. The zero-order valence-corrected chi connectivity index (χ0v) is 22.9. The van der Waals surface area contributed by atoms with E-state index < -0.39 is 13.9 Å². The highest BCUT2D eigenvalue weighted by Gasteiger charge is 2.26. The van der Waals surface area contributed by atoms with Crippen molar-refractivity contribution in [1.82, 2.24) is 0 Å². The number of hydrogen-bond acceptors (Lipinski definition) is 5. The molecule has 198 valence electrons. The van der Waals surface area contributed by atoms with E-state index in [1.807, 2.05) is 0 Å². The molecule has 0 fully saturated rings. The molecule has 2 unspecified atom stereocenters. The van der Waals surface area contributed by atoms with Crippen molar-refractivity contribution >= 4 is 19.4 Å². The maximum Gasteiger partial charge on any atom is 0.527 e. The van der Waals surface area contributed by atoms with Crippen molar-refractivity contribution in [3.05, 3.63) is 29.3 Å². The fourth-order valence-electron chi connectivity index (χ4n) is 3.64. The van der Waals surface area contributed by atoms with Crippen LogP contribution in [0.15, 0.2) is 24.3 Å². The van der Waals surface area contributed by atoms with E-state index in [1.165, 1.54) is 90.2 Å². The summed E-state index contributed by atoms with van der Waals surface area (Å²) in [6.07, 6.45) is 18.0. The van der Waals surface area contributed by atoms with Crippen LogP contribution in [0.25, 0.3) is 0 Å². The van der Waals surface area contributed by atoms with Gasteiger partial charge in [0.05, 0.1) is 18.2 Å². The Morgan fingerprint density at radius 1 is 0.853 bits per heavy atom. The minimum atomic E-state index is -4.30. The van der Waals surface area contributed by atoms with Crippen LogP contribution in [0.3, 0.4) is 0 Å². The molecule has 0 heterocycles. The van der Waals surface area contributed by atoms with Crippen LogP contribution in [-0.2, 0) is 18.6 Å². The second-order valence-electron chi connectivity index (χ2n) is 8.81. The van der Waals surface area contributed by atoms with Gasteiger partial charge in [0, 0.05) is 13.7 Å². The van der Waals surface area contributed by atoms with E-state index in [0.29, 0.717) is 13.2 Å². The molecule has 0 radical (unpaired) electrons. The van der Waals surface area contributed by atoms with Crippen molar-refractivity contribution in [3.8, 4) is 5.75 Å². The van der Waals surface area contributed by atoms with E-state index in [9.17, 15) is 9.46 Å². The van der Waals surface area contributed by atoms with Crippen LogP contribution < -0.4 is 4.52 Å². The highest BCUT2D eigenvalue weighted by atomic mass is 35.5. The van der Waals surface area contributed by atoms with Gasteiger partial charge >= 0.3 is 7.82 Å². The van der Waals surface area contributed by atoms with Crippen LogP contribution in [0.4, 0.5) is 0 Å². The van der Waals surface area contributed by atoms with E-state index in [-0.39, 0.29) is 17.4 Å². The summed E-state index contributed by atoms with van der Waals surface area (Å²) in [6.45, 7) is 3.08. The number of para-hydroxylation sites is 1. The first-order valence-corrected chi connectivity index (χ1v) is 14.9. The Kier molecular flexibility index (Phi) is 19.0. The van der Waals surface area contributed by atoms with Gasteiger partial charge in [-0.2, -0.15) is 0 Å². The van der Waals surface area contributed by atoms with E-state index in [0.717, 1.165) is 12.8 Å². The van der Waals surface area contributed by atoms with Gasteiger partial charge in [0.2, 0.25) is 0 Å². The van der Waals surface area contributed by atoms with Crippen molar-refractivity contribution in [1.29, 1.82) is 0 Å². The van der Waals surface area contributed by atoms with Crippen molar-refractivity contribution < 1.29 is 28.0 Å². The maximum atomic E-state index is 12.1. The monoisotopic (exact) mass is 520 g/mol. The number of phosphoric ester groups is 1. The highest BCUT2D eigenvalue weighted by Crippen LogP contribution is 2.45. The summed E-state index contributed by atoms with van der Waals surface area (Å²) in [5, 5.41) is 0.236. The molecule has 1 N–H and O–H groups in total. The lowest BCUT2D eigenvalue weighted by Gasteiger charge is -2.18. The molecule has 1 aromatic carbocycles. The normalized spacial score (nSPS) is 14.1. The molecule has 0 amide bonds. The fourth-order valence-corrected chi connectivity index (χ4v) is 4.69. The van der Waals surface area contributed by atoms with Crippen LogP contribution >= 0.6 is 19.4 Å². The van der Waals surface area contributed by atoms with Gasteiger partial charge in [-0.25, -0.2) is 4.57 Å². The first-order valence-electron chi connectivity index (χ1n) is 13.0. The van der Waals surface area contributed by atoms with Gasteiger partial charge in [-0.1, -0.05) is 114 Å². The zero-order valence-electron chi connectivity index (χ0n) is 21.2. The van der Waals surface area contributed by atoms with Gasteiger partial charge in [-0.3, -0.25) is 9.42 Å². The number of rotatable bonds is 23. The predicted octanol–water partition coefficient (Wildman–Crippen LogP) is 8.35. The van der Waals surface area contributed by atoms with Gasteiger partial charge < -0.3 is 14.0 Å². The third kappa shape index (κ3) is 16.9. The predicted molar refractivity (Wildman–Crippen MR) is 140 cm³/mol. The first kappa shape index (κ1) is 31.4. The Bertz CT molecular complexity index is 660. The SMILES string of the molecule is CCCCCCCCCCCCCCCCOCC(COP(=O)(O)Oc1ccccc1Cl)OC. The van der Waals surface area contributed by atoms with E-state index in [4.69, 9.17) is 30.1 Å². The standard InChI is InChI=1S/C26H46ClO6P/c1-3-4-5-6-7-8-9-10-11-12-13-14-15-18-21-31-22-24(30-2)23-32-34(28,29)33-26-20-17-16-19-25(26)27/h16-17,19-20,24H,3-15,18,21-23H2,1-2H3,(H,28,29). The summed E-state index contributed by atoms with van der Waals surface area (Å²) in [7, 11) is -2.79. The van der Waals surface area contributed by atoms with Crippen LogP contribution in [0.5, 0.6) is 5.75 Å². The van der Waals surface area contributed by atoms with Gasteiger partial charge in [0.15, 0.2) is 0 Å². The summed E-state index contributed by atoms with van der Waals surface area (Å²) in [5.74, 6) is 0.0954. The number of phosphoric acid groups is 1. The van der Waals surface area contributed by atoms with Crippen LogP contribution in [0, 0.1) is 0 Å². The minimum Gasteiger partial charge on any atom is -0.403 e.